The predicted octanol–water partition coefficient (Wildman–Crippen LogP) is 2.28. The third kappa shape index (κ3) is 4.36. The lowest BCUT2D eigenvalue weighted by molar-refractivity contribution is -0.124. The van der Waals surface area contributed by atoms with E-state index in [4.69, 9.17) is 16.3 Å². The molecule has 2 aliphatic heterocycles. The maximum absolute atomic E-state index is 13.3. The Labute approximate surface area is 183 Å². The quantitative estimate of drug-likeness (QED) is 0.702. The molecular weight excluding hydrogens is 449 g/mol. The summed E-state index contributed by atoms with van der Waals surface area (Å²) in [5.41, 5.74) is 0.981. The molecule has 1 atom stereocenters. The number of fused-ring (bicyclic) bond motifs is 1. The van der Waals surface area contributed by atoms with Gasteiger partial charge in [-0.1, -0.05) is 23.7 Å². The zero-order valence-corrected chi connectivity index (χ0v) is 17.8. The first-order valence-corrected chi connectivity index (χ1v) is 11.4. The minimum atomic E-state index is -4.10. The number of halogens is 2. The summed E-state index contributed by atoms with van der Waals surface area (Å²) in [7, 11) is -4.10. The molecule has 1 fully saturated rings. The van der Waals surface area contributed by atoms with Crippen molar-refractivity contribution in [3.8, 4) is 5.75 Å². The summed E-state index contributed by atoms with van der Waals surface area (Å²) in [5, 5.41) is 5.20. The molecule has 0 bridgehead atoms. The van der Waals surface area contributed by atoms with Gasteiger partial charge in [0.1, 0.15) is 22.5 Å². The molecule has 0 saturated carbocycles. The van der Waals surface area contributed by atoms with Crippen LogP contribution in [-0.2, 0) is 26.2 Å². The van der Waals surface area contributed by atoms with Crippen LogP contribution in [0.3, 0.4) is 0 Å². The molecule has 0 unspecified atom stereocenters. The number of benzene rings is 2. The smallest absolute Gasteiger partial charge is 0.262 e. The van der Waals surface area contributed by atoms with Crippen LogP contribution in [0.5, 0.6) is 5.75 Å². The largest absolute Gasteiger partial charge is 0.482 e. The van der Waals surface area contributed by atoms with E-state index < -0.39 is 22.0 Å². The first kappa shape index (κ1) is 21.5. The van der Waals surface area contributed by atoms with E-state index in [1.807, 2.05) is 0 Å². The molecule has 2 N–H and O–H groups in total. The second-order valence-electron chi connectivity index (χ2n) is 7.23. The lowest BCUT2D eigenvalue weighted by Crippen LogP contribution is -2.45. The molecule has 31 heavy (non-hydrogen) atoms. The van der Waals surface area contributed by atoms with Crippen molar-refractivity contribution in [3.63, 3.8) is 0 Å². The van der Waals surface area contributed by atoms with Gasteiger partial charge < -0.3 is 15.4 Å². The molecule has 4 rings (SSSR count). The summed E-state index contributed by atoms with van der Waals surface area (Å²) in [6.45, 7) is 0.0882. The van der Waals surface area contributed by atoms with Gasteiger partial charge in [0.2, 0.25) is 15.9 Å². The number of carbonyl (C=O) groups is 2. The number of anilines is 1. The van der Waals surface area contributed by atoms with E-state index in [-0.39, 0.29) is 52.8 Å². The highest BCUT2D eigenvalue weighted by Gasteiger charge is 2.40. The zero-order valence-electron chi connectivity index (χ0n) is 16.2. The van der Waals surface area contributed by atoms with Crippen molar-refractivity contribution in [3.05, 3.63) is 52.8 Å². The predicted molar refractivity (Wildman–Crippen MR) is 111 cm³/mol. The van der Waals surface area contributed by atoms with Crippen LogP contribution in [0.1, 0.15) is 18.4 Å². The van der Waals surface area contributed by atoms with E-state index in [1.54, 1.807) is 12.1 Å². The van der Waals surface area contributed by atoms with Crippen LogP contribution in [0.15, 0.2) is 41.3 Å². The van der Waals surface area contributed by atoms with Crippen LogP contribution >= 0.6 is 11.6 Å². The van der Waals surface area contributed by atoms with Crippen molar-refractivity contribution < 1.29 is 27.1 Å². The standard InChI is InChI=1S/C20H19ClFN3O5S/c21-14-8-15-17(30-11-19(26)24-15)9-18(14)31(28,29)25-7-1-2-16(25)20(27)23-10-12-3-5-13(22)6-4-12/h3-6,8-9,16H,1-2,7,10-11H2,(H,23,27)(H,24,26)/t16-/m0/s1. The van der Waals surface area contributed by atoms with Gasteiger partial charge in [0.15, 0.2) is 6.61 Å². The molecule has 2 aliphatic rings. The summed E-state index contributed by atoms with van der Waals surface area (Å²) < 4.78 is 46.1. The van der Waals surface area contributed by atoms with Gasteiger partial charge in [0.05, 0.1) is 10.7 Å². The Kier molecular flexibility index (Phi) is 5.87. The molecular formula is C20H19ClFN3O5S. The lowest BCUT2D eigenvalue weighted by Gasteiger charge is -2.25. The highest BCUT2D eigenvalue weighted by molar-refractivity contribution is 7.89. The Morgan fingerprint density at radius 1 is 1.29 bits per heavy atom. The van der Waals surface area contributed by atoms with Crippen molar-refractivity contribution in [2.75, 3.05) is 18.5 Å². The van der Waals surface area contributed by atoms with Crippen molar-refractivity contribution in [2.45, 2.75) is 30.3 Å². The van der Waals surface area contributed by atoms with Gasteiger partial charge in [-0.05, 0) is 36.6 Å². The number of hydrogen-bond acceptors (Lipinski definition) is 5. The number of carbonyl (C=O) groups excluding carboxylic acids is 2. The average Bonchev–Trinajstić information content (AvgIpc) is 3.23. The summed E-state index contributed by atoms with van der Waals surface area (Å²) in [6.07, 6.45) is 0.882. The fourth-order valence-electron chi connectivity index (χ4n) is 3.60. The van der Waals surface area contributed by atoms with Crippen LogP contribution in [0.25, 0.3) is 0 Å². The van der Waals surface area contributed by atoms with Crippen molar-refractivity contribution in [1.82, 2.24) is 9.62 Å². The normalized spacial score (nSPS) is 18.8. The highest BCUT2D eigenvalue weighted by atomic mass is 35.5. The molecule has 2 heterocycles. The van der Waals surface area contributed by atoms with E-state index in [0.717, 1.165) is 4.31 Å². The number of hydrogen-bond donors (Lipinski definition) is 2. The molecule has 0 spiro atoms. The second kappa shape index (κ2) is 8.45. The van der Waals surface area contributed by atoms with Crippen LogP contribution in [-0.4, -0.2) is 43.7 Å². The zero-order chi connectivity index (χ0) is 22.2. The average molecular weight is 468 g/mol. The third-order valence-electron chi connectivity index (χ3n) is 5.14. The Hall–Kier alpha value is -2.69. The molecule has 0 aliphatic carbocycles. The molecule has 8 nitrogen and oxygen atoms in total. The van der Waals surface area contributed by atoms with E-state index in [2.05, 4.69) is 10.6 Å². The first-order chi connectivity index (χ1) is 14.8. The van der Waals surface area contributed by atoms with Crippen LogP contribution in [0.2, 0.25) is 5.02 Å². The van der Waals surface area contributed by atoms with E-state index >= 15 is 0 Å². The molecule has 11 heteroatoms. The van der Waals surface area contributed by atoms with Gasteiger partial charge in [0, 0.05) is 19.2 Å². The maximum atomic E-state index is 13.3. The molecule has 2 amide bonds. The highest BCUT2D eigenvalue weighted by Crippen LogP contribution is 2.38. The Balaban J connectivity index is 1.54. The van der Waals surface area contributed by atoms with Crippen molar-refractivity contribution in [2.24, 2.45) is 0 Å². The fourth-order valence-corrected chi connectivity index (χ4v) is 5.78. The van der Waals surface area contributed by atoms with E-state index in [1.165, 1.54) is 24.3 Å². The van der Waals surface area contributed by atoms with Crippen molar-refractivity contribution in [1.29, 1.82) is 0 Å². The molecule has 2 aromatic rings. The molecule has 164 valence electrons. The van der Waals surface area contributed by atoms with Crippen molar-refractivity contribution >= 4 is 39.1 Å². The monoisotopic (exact) mass is 467 g/mol. The first-order valence-electron chi connectivity index (χ1n) is 9.56. The number of rotatable bonds is 5. The summed E-state index contributed by atoms with van der Waals surface area (Å²) in [6, 6.07) is 7.36. The van der Waals surface area contributed by atoms with Crippen LogP contribution < -0.4 is 15.4 Å². The minimum Gasteiger partial charge on any atom is -0.482 e. The van der Waals surface area contributed by atoms with Gasteiger partial charge in [-0.3, -0.25) is 9.59 Å². The molecule has 2 aromatic carbocycles. The molecule has 1 saturated heterocycles. The Bertz CT molecular complexity index is 1140. The fraction of sp³-hybridized carbons (Fsp3) is 0.300. The number of amides is 2. The second-order valence-corrected chi connectivity index (χ2v) is 9.50. The summed E-state index contributed by atoms with van der Waals surface area (Å²) >= 11 is 6.21. The topological polar surface area (TPSA) is 105 Å². The van der Waals surface area contributed by atoms with Crippen LogP contribution in [0, 0.1) is 5.82 Å². The molecule has 0 radical (unpaired) electrons. The van der Waals surface area contributed by atoms with Gasteiger partial charge in [-0.15, -0.1) is 0 Å². The van der Waals surface area contributed by atoms with Gasteiger partial charge in [-0.2, -0.15) is 4.31 Å². The summed E-state index contributed by atoms with van der Waals surface area (Å²) in [4.78, 5) is 24.0. The van der Waals surface area contributed by atoms with Gasteiger partial charge in [0.25, 0.3) is 5.91 Å². The van der Waals surface area contributed by atoms with Gasteiger partial charge >= 0.3 is 0 Å². The number of ether oxygens (including phenoxy) is 1. The van der Waals surface area contributed by atoms with E-state index in [0.29, 0.717) is 18.4 Å². The van der Waals surface area contributed by atoms with Crippen LogP contribution in [0.4, 0.5) is 10.1 Å². The molecule has 0 aromatic heterocycles. The van der Waals surface area contributed by atoms with E-state index in [9.17, 15) is 22.4 Å². The summed E-state index contributed by atoms with van der Waals surface area (Å²) in [5.74, 6) is -0.993. The number of nitrogens with zero attached hydrogens (tertiary/aromatic N) is 1. The lowest BCUT2D eigenvalue weighted by atomic mass is 10.2. The Morgan fingerprint density at radius 3 is 2.77 bits per heavy atom. The Morgan fingerprint density at radius 2 is 2.03 bits per heavy atom. The SMILES string of the molecule is O=C1COc2cc(S(=O)(=O)N3CCC[C@H]3C(=O)NCc3ccc(F)cc3)c(Cl)cc2N1. The minimum absolute atomic E-state index is 0.0816. The van der Waals surface area contributed by atoms with Gasteiger partial charge in [-0.25, -0.2) is 12.8 Å². The third-order valence-corrected chi connectivity index (χ3v) is 7.51. The maximum Gasteiger partial charge on any atom is 0.262 e. The number of sulfonamides is 1. The number of nitrogens with one attached hydrogen (secondary N) is 2.